The van der Waals surface area contributed by atoms with Gasteiger partial charge in [-0.15, -0.1) is 0 Å². The molecule has 1 unspecified atom stereocenters. The van der Waals surface area contributed by atoms with Crippen LogP contribution >= 0.6 is 11.6 Å². The molecule has 20 heavy (non-hydrogen) atoms. The Hall–Kier alpha value is -1.58. The summed E-state index contributed by atoms with van der Waals surface area (Å²) in [5.74, 6) is 0.746. The van der Waals surface area contributed by atoms with Gasteiger partial charge in [-0.25, -0.2) is 0 Å². The lowest BCUT2D eigenvalue weighted by Crippen LogP contribution is -2.18. The highest BCUT2D eigenvalue weighted by Crippen LogP contribution is 2.29. The van der Waals surface area contributed by atoms with Gasteiger partial charge < -0.3 is 10.5 Å². The second-order valence-corrected chi connectivity index (χ2v) is 5.28. The monoisotopic (exact) mass is 290 g/mol. The SMILES string of the molecule is CC(N)Cc1cccc(Cl)c1OCCc1cccnc1. The maximum absolute atomic E-state index is 6.22. The molecule has 3 nitrogen and oxygen atoms in total. The van der Waals surface area contributed by atoms with Crippen LogP contribution in [0.5, 0.6) is 5.75 Å². The number of pyridine rings is 1. The second-order valence-electron chi connectivity index (χ2n) is 4.87. The van der Waals surface area contributed by atoms with E-state index in [0.29, 0.717) is 11.6 Å². The average Bonchev–Trinajstić information content (AvgIpc) is 2.42. The maximum Gasteiger partial charge on any atom is 0.141 e. The lowest BCUT2D eigenvalue weighted by atomic mass is 10.1. The number of aromatic nitrogens is 1. The number of benzene rings is 1. The highest BCUT2D eigenvalue weighted by molar-refractivity contribution is 6.32. The Balaban J connectivity index is 2.01. The van der Waals surface area contributed by atoms with Crippen LogP contribution in [0.3, 0.4) is 0 Å². The van der Waals surface area contributed by atoms with Crippen molar-refractivity contribution in [1.82, 2.24) is 4.98 Å². The lowest BCUT2D eigenvalue weighted by molar-refractivity contribution is 0.318. The van der Waals surface area contributed by atoms with Gasteiger partial charge in [0, 0.05) is 24.9 Å². The molecule has 0 amide bonds. The summed E-state index contributed by atoms with van der Waals surface area (Å²) in [5.41, 5.74) is 8.06. The standard InChI is InChI=1S/C16H19ClN2O/c1-12(18)10-14-5-2-6-15(17)16(14)20-9-7-13-4-3-8-19-11-13/h2-6,8,11-12H,7,9-10,18H2,1H3. The van der Waals surface area contributed by atoms with Crippen molar-refractivity contribution in [2.45, 2.75) is 25.8 Å². The van der Waals surface area contributed by atoms with Gasteiger partial charge in [-0.1, -0.05) is 29.8 Å². The summed E-state index contributed by atoms with van der Waals surface area (Å²) in [7, 11) is 0. The molecule has 0 aliphatic rings. The zero-order valence-corrected chi connectivity index (χ0v) is 12.3. The summed E-state index contributed by atoms with van der Waals surface area (Å²) in [4.78, 5) is 4.09. The Morgan fingerprint density at radius 2 is 2.15 bits per heavy atom. The number of nitrogens with two attached hydrogens (primary N) is 1. The minimum atomic E-state index is 0.0779. The fourth-order valence-corrected chi connectivity index (χ4v) is 2.29. The van der Waals surface area contributed by atoms with E-state index in [2.05, 4.69) is 4.98 Å². The molecule has 0 radical (unpaired) electrons. The third-order valence-corrected chi connectivity index (χ3v) is 3.25. The van der Waals surface area contributed by atoms with E-state index in [9.17, 15) is 0 Å². The largest absolute Gasteiger partial charge is 0.491 e. The molecule has 2 rings (SSSR count). The zero-order chi connectivity index (χ0) is 14.4. The lowest BCUT2D eigenvalue weighted by Gasteiger charge is -2.14. The Morgan fingerprint density at radius 1 is 1.30 bits per heavy atom. The molecular formula is C16H19ClN2O. The highest BCUT2D eigenvalue weighted by atomic mass is 35.5. The number of nitrogens with zero attached hydrogens (tertiary/aromatic N) is 1. The molecule has 0 bridgehead atoms. The van der Waals surface area contributed by atoms with E-state index in [4.69, 9.17) is 22.1 Å². The van der Waals surface area contributed by atoms with Crippen molar-refractivity contribution in [3.63, 3.8) is 0 Å². The number of halogens is 1. The van der Waals surface area contributed by atoms with Crippen molar-refractivity contribution in [2.75, 3.05) is 6.61 Å². The zero-order valence-electron chi connectivity index (χ0n) is 11.6. The van der Waals surface area contributed by atoms with Crippen LogP contribution in [0.25, 0.3) is 0 Å². The highest BCUT2D eigenvalue weighted by Gasteiger charge is 2.10. The molecule has 1 aromatic heterocycles. The molecule has 1 atom stereocenters. The van der Waals surface area contributed by atoms with Crippen LogP contribution < -0.4 is 10.5 Å². The van der Waals surface area contributed by atoms with E-state index in [0.717, 1.165) is 29.7 Å². The molecule has 0 aliphatic carbocycles. The first kappa shape index (κ1) is 14.8. The normalized spacial score (nSPS) is 12.2. The van der Waals surface area contributed by atoms with Crippen molar-refractivity contribution >= 4 is 11.6 Å². The van der Waals surface area contributed by atoms with Crippen LogP contribution in [0.1, 0.15) is 18.1 Å². The van der Waals surface area contributed by atoms with Gasteiger partial charge in [-0.05, 0) is 36.6 Å². The van der Waals surface area contributed by atoms with E-state index >= 15 is 0 Å². The van der Waals surface area contributed by atoms with Crippen LogP contribution in [-0.4, -0.2) is 17.6 Å². The fourth-order valence-electron chi connectivity index (χ4n) is 2.04. The van der Waals surface area contributed by atoms with Crippen molar-refractivity contribution < 1.29 is 4.74 Å². The topological polar surface area (TPSA) is 48.1 Å². The Labute approximate surface area is 124 Å². The van der Waals surface area contributed by atoms with Gasteiger partial charge >= 0.3 is 0 Å². The molecule has 1 aromatic carbocycles. The van der Waals surface area contributed by atoms with Gasteiger partial charge in [0.1, 0.15) is 5.75 Å². The molecule has 106 valence electrons. The summed E-state index contributed by atoms with van der Waals surface area (Å²) in [6.07, 6.45) is 5.16. The van der Waals surface area contributed by atoms with Crippen molar-refractivity contribution in [1.29, 1.82) is 0 Å². The van der Waals surface area contributed by atoms with Crippen LogP contribution in [0.2, 0.25) is 5.02 Å². The first-order valence-electron chi connectivity index (χ1n) is 6.71. The van der Waals surface area contributed by atoms with E-state index in [1.165, 1.54) is 0 Å². The van der Waals surface area contributed by atoms with E-state index in [-0.39, 0.29) is 6.04 Å². The quantitative estimate of drug-likeness (QED) is 0.888. The van der Waals surface area contributed by atoms with Crippen molar-refractivity contribution in [3.05, 3.63) is 58.9 Å². The predicted octanol–water partition coefficient (Wildman–Crippen LogP) is 3.25. The molecule has 0 aliphatic heterocycles. The summed E-state index contributed by atoms with van der Waals surface area (Å²) >= 11 is 6.22. The summed E-state index contributed by atoms with van der Waals surface area (Å²) in [6.45, 7) is 2.54. The van der Waals surface area contributed by atoms with Gasteiger partial charge in [0.2, 0.25) is 0 Å². The molecule has 1 heterocycles. The summed E-state index contributed by atoms with van der Waals surface area (Å²) in [5, 5.41) is 0.634. The maximum atomic E-state index is 6.22. The van der Waals surface area contributed by atoms with E-state index in [1.54, 1.807) is 6.20 Å². The second kappa shape index (κ2) is 7.27. The number of ether oxygens (including phenoxy) is 1. The number of para-hydroxylation sites is 1. The van der Waals surface area contributed by atoms with Gasteiger partial charge in [-0.2, -0.15) is 0 Å². The first-order chi connectivity index (χ1) is 9.66. The predicted molar refractivity (Wildman–Crippen MR) is 82.2 cm³/mol. The third-order valence-electron chi connectivity index (χ3n) is 2.95. The molecule has 0 fully saturated rings. The third kappa shape index (κ3) is 4.22. The Bertz CT molecular complexity index is 543. The van der Waals surface area contributed by atoms with Crippen molar-refractivity contribution in [2.24, 2.45) is 5.73 Å². The molecule has 0 saturated carbocycles. The average molecular weight is 291 g/mol. The molecule has 0 spiro atoms. The number of rotatable bonds is 6. The Morgan fingerprint density at radius 3 is 2.85 bits per heavy atom. The minimum absolute atomic E-state index is 0.0779. The minimum Gasteiger partial charge on any atom is -0.491 e. The molecule has 2 N–H and O–H groups in total. The van der Waals surface area contributed by atoms with Crippen LogP contribution in [-0.2, 0) is 12.8 Å². The smallest absolute Gasteiger partial charge is 0.141 e. The number of hydrogen-bond acceptors (Lipinski definition) is 3. The van der Waals surface area contributed by atoms with Gasteiger partial charge in [0.15, 0.2) is 0 Å². The van der Waals surface area contributed by atoms with Crippen LogP contribution in [0.15, 0.2) is 42.7 Å². The Kier molecular flexibility index (Phi) is 5.39. The van der Waals surface area contributed by atoms with Gasteiger partial charge in [0.25, 0.3) is 0 Å². The summed E-state index contributed by atoms with van der Waals surface area (Å²) < 4.78 is 5.86. The van der Waals surface area contributed by atoms with Gasteiger partial charge in [-0.3, -0.25) is 4.98 Å². The van der Waals surface area contributed by atoms with Crippen LogP contribution in [0.4, 0.5) is 0 Å². The summed E-state index contributed by atoms with van der Waals surface area (Å²) in [6, 6.07) is 9.81. The van der Waals surface area contributed by atoms with Crippen molar-refractivity contribution in [3.8, 4) is 5.75 Å². The molecule has 2 aromatic rings. The first-order valence-corrected chi connectivity index (χ1v) is 7.09. The fraction of sp³-hybridized carbons (Fsp3) is 0.312. The number of hydrogen-bond donors (Lipinski definition) is 1. The molecule has 4 heteroatoms. The van der Waals surface area contributed by atoms with E-state index in [1.807, 2.05) is 43.5 Å². The van der Waals surface area contributed by atoms with Crippen LogP contribution in [0, 0.1) is 0 Å². The molecular weight excluding hydrogens is 272 g/mol. The molecule has 0 saturated heterocycles. The van der Waals surface area contributed by atoms with Gasteiger partial charge in [0.05, 0.1) is 11.6 Å². The van der Waals surface area contributed by atoms with E-state index < -0.39 is 0 Å².